The van der Waals surface area contributed by atoms with Crippen LogP contribution in [0.25, 0.3) is 0 Å². The molecule has 3 rings (SSSR count). The SMILES string of the molecule is CC(C)C1N(CCCN(C)C)c2ccccc2C12CCCCC2. The van der Waals surface area contributed by atoms with Crippen LogP contribution < -0.4 is 4.90 Å². The van der Waals surface area contributed by atoms with Crippen molar-refractivity contribution in [1.29, 1.82) is 0 Å². The fourth-order valence-electron chi connectivity index (χ4n) is 5.32. The zero-order valence-electron chi connectivity index (χ0n) is 15.5. The lowest BCUT2D eigenvalue weighted by molar-refractivity contribution is 0.214. The Morgan fingerprint density at radius 3 is 2.48 bits per heavy atom. The standard InChI is InChI=1S/C21H34N2/c1-17(2)20-21(13-8-5-9-14-21)18-11-6-7-12-19(18)23(20)16-10-15-22(3)4/h6-7,11-12,17,20H,5,8-10,13-16H2,1-4H3. The maximum absolute atomic E-state index is 2.77. The largest absolute Gasteiger partial charge is 0.367 e. The van der Waals surface area contributed by atoms with Gasteiger partial charge < -0.3 is 9.80 Å². The molecule has 0 radical (unpaired) electrons. The van der Waals surface area contributed by atoms with Gasteiger partial charge in [-0.25, -0.2) is 0 Å². The van der Waals surface area contributed by atoms with Crippen molar-refractivity contribution in [3.63, 3.8) is 0 Å². The zero-order chi connectivity index (χ0) is 16.4. The van der Waals surface area contributed by atoms with Gasteiger partial charge in [0.15, 0.2) is 0 Å². The number of anilines is 1. The molecule has 2 heteroatoms. The van der Waals surface area contributed by atoms with E-state index >= 15 is 0 Å². The van der Waals surface area contributed by atoms with Crippen LogP contribution in [0.1, 0.15) is 57.9 Å². The third-order valence-electron chi connectivity index (χ3n) is 6.03. The van der Waals surface area contributed by atoms with Crippen LogP contribution >= 0.6 is 0 Å². The Morgan fingerprint density at radius 1 is 1.13 bits per heavy atom. The highest BCUT2D eigenvalue weighted by molar-refractivity contribution is 5.65. The number of para-hydroxylation sites is 1. The maximum Gasteiger partial charge on any atom is 0.0410 e. The number of fused-ring (bicyclic) bond motifs is 2. The van der Waals surface area contributed by atoms with Crippen LogP contribution in [0.15, 0.2) is 24.3 Å². The average molecular weight is 315 g/mol. The van der Waals surface area contributed by atoms with Gasteiger partial charge in [0.1, 0.15) is 0 Å². The minimum atomic E-state index is 0.418. The molecule has 1 fully saturated rings. The van der Waals surface area contributed by atoms with E-state index in [4.69, 9.17) is 0 Å². The van der Waals surface area contributed by atoms with Gasteiger partial charge in [-0.2, -0.15) is 0 Å². The molecule has 2 aliphatic rings. The second-order valence-corrected chi connectivity index (χ2v) is 8.27. The van der Waals surface area contributed by atoms with Crippen molar-refractivity contribution in [2.45, 2.75) is 63.8 Å². The first-order valence-corrected chi connectivity index (χ1v) is 9.57. The van der Waals surface area contributed by atoms with E-state index in [1.807, 2.05) is 0 Å². The summed E-state index contributed by atoms with van der Waals surface area (Å²) < 4.78 is 0. The van der Waals surface area contributed by atoms with Gasteiger partial charge in [-0.05, 0) is 57.5 Å². The van der Waals surface area contributed by atoms with Crippen molar-refractivity contribution in [2.24, 2.45) is 5.92 Å². The highest BCUT2D eigenvalue weighted by Crippen LogP contribution is 2.54. The molecular weight excluding hydrogens is 280 g/mol. The predicted molar refractivity (Wildman–Crippen MR) is 100 cm³/mol. The smallest absolute Gasteiger partial charge is 0.0410 e. The molecule has 1 saturated carbocycles. The summed E-state index contributed by atoms with van der Waals surface area (Å²) in [7, 11) is 4.36. The van der Waals surface area contributed by atoms with E-state index in [2.05, 4.69) is 62.0 Å². The molecule has 1 aliphatic carbocycles. The van der Waals surface area contributed by atoms with Crippen LogP contribution in [0.3, 0.4) is 0 Å². The Morgan fingerprint density at radius 2 is 1.83 bits per heavy atom. The summed E-state index contributed by atoms with van der Waals surface area (Å²) in [5.74, 6) is 0.708. The molecule has 0 N–H and O–H groups in total. The molecule has 0 aromatic heterocycles. The van der Waals surface area contributed by atoms with Crippen LogP contribution in [0, 0.1) is 5.92 Å². The summed E-state index contributed by atoms with van der Waals surface area (Å²) in [6.45, 7) is 7.24. The van der Waals surface area contributed by atoms with Crippen LogP contribution in [0.5, 0.6) is 0 Å². The normalized spacial score (nSPS) is 23.0. The molecule has 128 valence electrons. The number of nitrogens with zero attached hydrogens (tertiary/aromatic N) is 2. The monoisotopic (exact) mass is 314 g/mol. The Hall–Kier alpha value is -1.02. The highest BCUT2D eigenvalue weighted by Gasteiger charge is 2.51. The van der Waals surface area contributed by atoms with E-state index in [0.717, 1.165) is 0 Å². The number of benzene rings is 1. The average Bonchev–Trinajstić information content (AvgIpc) is 2.78. The Bertz CT molecular complexity index is 514. The first-order valence-electron chi connectivity index (χ1n) is 9.57. The van der Waals surface area contributed by atoms with Gasteiger partial charge in [0.2, 0.25) is 0 Å². The molecule has 1 spiro atoms. The van der Waals surface area contributed by atoms with Crippen molar-refractivity contribution in [3.8, 4) is 0 Å². The van der Waals surface area contributed by atoms with Crippen molar-refractivity contribution >= 4 is 5.69 Å². The van der Waals surface area contributed by atoms with E-state index in [1.165, 1.54) is 57.3 Å². The Balaban J connectivity index is 1.94. The fourth-order valence-corrected chi connectivity index (χ4v) is 5.32. The lowest BCUT2D eigenvalue weighted by Crippen LogP contribution is -2.49. The topological polar surface area (TPSA) is 6.48 Å². The molecule has 0 saturated heterocycles. The zero-order valence-corrected chi connectivity index (χ0v) is 15.5. The predicted octanol–water partition coefficient (Wildman–Crippen LogP) is 4.68. The highest BCUT2D eigenvalue weighted by atomic mass is 15.2. The van der Waals surface area contributed by atoms with E-state index in [-0.39, 0.29) is 0 Å². The summed E-state index contributed by atoms with van der Waals surface area (Å²) >= 11 is 0. The first-order chi connectivity index (χ1) is 11.1. The van der Waals surface area contributed by atoms with E-state index < -0.39 is 0 Å². The van der Waals surface area contributed by atoms with Crippen molar-refractivity contribution in [2.75, 3.05) is 32.1 Å². The van der Waals surface area contributed by atoms with Gasteiger partial charge in [0.25, 0.3) is 0 Å². The second-order valence-electron chi connectivity index (χ2n) is 8.27. The molecule has 1 unspecified atom stereocenters. The molecule has 1 aromatic rings. The van der Waals surface area contributed by atoms with Crippen molar-refractivity contribution < 1.29 is 0 Å². The lowest BCUT2D eigenvalue weighted by atomic mass is 9.64. The van der Waals surface area contributed by atoms with Crippen LogP contribution in [-0.2, 0) is 5.41 Å². The van der Waals surface area contributed by atoms with Crippen LogP contribution in [-0.4, -0.2) is 38.1 Å². The Labute approximate surface area is 142 Å². The van der Waals surface area contributed by atoms with E-state index in [0.29, 0.717) is 17.4 Å². The molecule has 0 bridgehead atoms. The quantitative estimate of drug-likeness (QED) is 0.778. The number of hydrogen-bond acceptors (Lipinski definition) is 2. The van der Waals surface area contributed by atoms with Gasteiger partial charge in [0.05, 0.1) is 0 Å². The molecule has 1 atom stereocenters. The van der Waals surface area contributed by atoms with Crippen molar-refractivity contribution in [3.05, 3.63) is 29.8 Å². The van der Waals surface area contributed by atoms with Gasteiger partial charge in [0, 0.05) is 23.7 Å². The molecule has 0 amide bonds. The molecular formula is C21H34N2. The van der Waals surface area contributed by atoms with E-state index in [1.54, 1.807) is 5.56 Å². The summed E-state index contributed by atoms with van der Waals surface area (Å²) in [6.07, 6.45) is 8.26. The summed E-state index contributed by atoms with van der Waals surface area (Å²) in [6, 6.07) is 9.99. The van der Waals surface area contributed by atoms with Gasteiger partial charge in [-0.15, -0.1) is 0 Å². The fraction of sp³-hybridized carbons (Fsp3) is 0.714. The third-order valence-corrected chi connectivity index (χ3v) is 6.03. The number of hydrogen-bond donors (Lipinski definition) is 0. The number of rotatable bonds is 5. The lowest BCUT2D eigenvalue weighted by Gasteiger charge is -2.44. The summed E-state index contributed by atoms with van der Waals surface area (Å²) in [4.78, 5) is 5.08. The van der Waals surface area contributed by atoms with Crippen LogP contribution in [0.2, 0.25) is 0 Å². The first kappa shape index (κ1) is 16.8. The Kier molecular flexibility index (Phi) is 5.01. The molecule has 1 aromatic carbocycles. The minimum Gasteiger partial charge on any atom is -0.367 e. The molecule has 2 nitrogen and oxygen atoms in total. The molecule has 1 heterocycles. The van der Waals surface area contributed by atoms with Gasteiger partial charge >= 0.3 is 0 Å². The minimum absolute atomic E-state index is 0.418. The maximum atomic E-state index is 2.77. The third kappa shape index (κ3) is 3.03. The summed E-state index contributed by atoms with van der Waals surface area (Å²) in [5, 5.41) is 0. The summed E-state index contributed by atoms with van der Waals surface area (Å²) in [5.41, 5.74) is 3.61. The molecule has 1 aliphatic heterocycles. The molecule has 23 heavy (non-hydrogen) atoms. The van der Waals surface area contributed by atoms with Crippen molar-refractivity contribution in [1.82, 2.24) is 4.90 Å². The second kappa shape index (κ2) is 6.84. The van der Waals surface area contributed by atoms with Gasteiger partial charge in [-0.3, -0.25) is 0 Å². The van der Waals surface area contributed by atoms with Gasteiger partial charge in [-0.1, -0.05) is 51.3 Å². The van der Waals surface area contributed by atoms with E-state index in [9.17, 15) is 0 Å². The van der Waals surface area contributed by atoms with Crippen LogP contribution in [0.4, 0.5) is 5.69 Å².